The summed E-state index contributed by atoms with van der Waals surface area (Å²) in [7, 11) is 1.75. The first-order valence-electron chi connectivity index (χ1n) is 4.91. The molecule has 0 bridgehead atoms. The highest BCUT2D eigenvalue weighted by Crippen LogP contribution is 2.31. The fourth-order valence-electron chi connectivity index (χ4n) is 1.90. The Morgan fingerprint density at radius 3 is 2.75 bits per heavy atom. The van der Waals surface area contributed by atoms with Crippen molar-refractivity contribution in [2.75, 3.05) is 11.9 Å². The number of hydrogen-bond donors (Lipinski definition) is 1. The average molecular weight is 239 g/mol. The van der Waals surface area contributed by atoms with E-state index in [4.69, 9.17) is 5.73 Å². The van der Waals surface area contributed by atoms with Crippen LogP contribution in [0.3, 0.4) is 0 Å². The highest BCUT2D eigenvalue weighted by molar-refractivity contribution is 6.02. The molecule has 0 saturated heterocycles. The number of rotatable bonds is 0. The van der Waals surface area contributed by atoms with Crippen LogP contribution >= 0.6 is 12.4 Å². The van der Waals surface area contributed by atoms with E-state index in [0.29, 0.717) is 6.42 Å². The molecule has 0 radical (unpaired) electrons. The summed E-state index contributed by atoms with van der Waals surface area (Å²) in [5, 5.41) is 0. The lowest BCUT2D eigenvalue weighted by Crippen LogP contribution is -2.40. The zero-order valence-electron chi connectivity index (χ0n) is 9.14. The summed E-state index contributed by atoms with van der Waals surface area (Å²) in [6, 6.07) is 7.26. The monoisotopic (exact) mass is 238 g/mol. The van der Waals surface area contributed by atoms with Gasteiger partial charge in [-0.25, -0.2) is 0 Å². The van der Waals surface area contributed by atoms with E-state index in [9.17, 15) is 4.79 Å². The number of carbonyl (C=O) groups is 1. The van der Waals surface area contributed by atoms with Crippen LogP contribution in [0.4, 0.5) is 5.69 Å². The van der Waals surface area contributed by atoms with Gasteiger partial charge in [0.25, 0.3) is 0 Å². The van der Waals surface area contributed by atoms with Gasteiger partial charge < -0.3 is 10.6 Å². The molecule has 4 heteroatoms. The average Bonchev–Trinajstić information content (AvgIpc) is 2.33. The van der Waals surface area contributed by atoms with Gasteiger partial charge in [-0.2, -0.15) is 0 Å². The molecule has 2 rings (SSSR count). The van der Waals surface area contributed by atoms with E-state index in [2.05, 4.69) is 6.58 Å². The van der Waals surface area contributed by atoms with Crippen molar-refractivity contribution < 1.29 is 4.79 Å². The van der Waals surface area contributed by atoms with Gasteiger partial charge in [-0.15, -0.1) is 12.4 Å². The summed E-state index contributed by atoms with van der Waals surface area (Å²) in [6.07, 6.45) is 0.528. The highest BCUT2D eigenvalue weighted by Gasteiger charge is 2.26. The first-order valence-corrected chi connectivity index (χ1v) is 4.91. The maximum atomic E-state index is 11.8. The van der Waals surface area contributed by atoms with Gasteiger partial charge in [-0.1, -0.05) is 24.8 Å². The third-order valence-corrected chi connectivity index (χ3v) is 2.76. The molecule has 16 heavy (non-hydrogen) atoms. The van der Waals surface area contributed by atoms with Crippen molar-refractivity contribution in [3.8, 4) is 0 Å². The molecule has 0 fully saturated rings. The number of benzene rings is 1. The number of carbonyl (C=O) groups excluding carboxylic acids is 1. The molecule has 1 aromatic rings. The fourth-order valence-corrected chi connectivity index (χ4v) is 1.90. The second kappa shape index (κ2) is 4.68. The summed E-state index contributed by atoms with van der Waals surface area (Å²) in [4.78, 5) is 13.4. The van der Waals surface area contributed by atoms with Gasteiger partial charge in [0.2, 0.25) is 5.91 Å². The van der Waals surface area contributed by atoms with Crippen molar-refractivity contribution in [3.63, 3.8) is 0 Å². The van der Waals surface area contributed by atoms with Crippen molar-refractivity contribution in [1.29, 1.82) is 0 Å². The number of amides is 1. The van der Waals surface area contributed by atoms with Gasteiger partial charge >= 0.3 is 0 Å². The minimum Gasteiger partial charge on any atom is -0.320 e. The second-order valence-corrected chi connectivity index (χ2v) is 3.83. The van der Waals surface area contributed by atoms with Crippen LogP contribution in [0, 0.1) is 0 Å². The molecule has 3 nitrogen and oxygen atoms in total. The molecular weight excluding hydrogens is 224 g/mol. The van der Waals surface area contributed by atoms with Crippen LogP contribution in [0.25, 0.3) is 5.57 Å². The number of para-hydroxylation sites is 1. The molecule has 1 aliphatic heterocycles. The van der Waals surface area contributed by atoms with Crippen LogP contribution in [0.2, 0.25) is 0 Å². The van der Waals surface area contributed by atoms with E-state index >= 15 is 0 Å². The second-order valence-electron chi connectivity index (χ2n) is 3.83. The molecule has 0 saturated carbocycles. The lowest BCUT2D eigenvalue weighted by molar-refractivity contribution is -0.119. The van der Waals surface area contributed by atoms with E-state index < -0.39 is 6.04 Å². The lowest BCUT2D eigenvalue weighted by atomic mass is 10.0. The molecule has 0 spiro atoms. The van der Waals surface area contributed by atoms with E-state index in [1.54, 1.807) is 11.9 Å². The number of nitrogens with two attached hydrogens (primary N) is 1. The van der Waals surface area contributed by atoms with Gasteiger partial charge in [0, 0.05) is 12.6 Å². The fraction of sp³-hybridized carbons (Fsp3) is 0.250. The van der Waals surface area contributed by atoms with Gasteiger partial charge in [0.1, 0.15) is 0 Å². The number of halogens is 1. The lowest BCUT2D eigenvalue weighted by Gasteiger charge is -2.18. The molecule has 0 aliphatic carbocycles. The standard InChI is InChI=1S/C12H14N2O.ClH/c1-8-7-10(13)12(15)14(2)11-6-4-3-5-9(8)11;/h3-6,10H,1,7,13H2,2H3;1H. The summed E-state index contributed by atoms with van der Waals surface area (Å²) >= 11 is 0. The smallest absolute Gasteiger partial charge is 0.243 e. The Hall–Kier alpha value is -1.32. The van der Waals surface area contributed by atoms with Crippen LogP contribution in [-0.2, 0) is 4.79 Å². The van der Waals surface area contributed by atoms with Crippen LogP contribution in [0.1, 0.15) is 12.0 Å². The first-order chi connectivity index (χ1) is 7.11. The number of hydrogen-bond acceptors (Lipinski definition) is 2. The summed E-state index contributed by atoms with van der Waals surface area (Å²) < 4.78 is 0. The van der Waals surface area contributed by atoms with Crippen molar-refractivity contribution in [1.82, 2.24) is 0 Å². The minimum absolute atomic E-state index is 0. The maximum absolute atomic E-state index is 11.8. The van der Waals surface area contributed by atoms with Gasteiger partial charge in [-0.3, -0.25) is 4.79 Å². The molecule has 1 aromatic carbocycles. The SMILES string of the molecule is C=C1CC(N)C(=O)N(C)c2ccccc21.Cl. The van der Waals surface area contributed by atoms with Crippen LogP contribution in [0.5, 0.6) is 0 Å². The quantitative estimate of drug-likeness (QED) is 0.750. The van der Waals surface area contributed by atoms with Crippen molar-refractivity contribution >= 4 is 29.6 Å². The molecule has 1 heterocycles. The predicted molar refractivity (Wildman–Crippen MR) is 68.7 cm³/mol. The van der Waals surface area contributed by atoms with E-state index in [-0.39, 0.29) is 18.3 Å². The molecule has 2 N–H and O–H groups in total. The van der Waals surface area contributed by atoms with Crippen LogP contribution in [0.15, 0.2) is 30.8 Å². The van der Waals surface area contributed by atoms with Gasteiger partial charge in [0.05, 0.1) is 11.7 Å². The summed E-state index contributed by atoms with van der Waals surface area (Å²) in [5.41, 5.74) is 8.62. The number of likely N-dealkylation sites (N-methyl/N-ethyl adjacent to an activating group) is 1. The topological polar surface area (TPSA) is 46.3 Å². The molecule has 1 unspecified atom stereocenters. The zero-order chi connectivity index (χ0) is 11.0. The third kappa shape index (κ3) is 1.96. The number of nitrogens with zero attached hydrogens (tertiary/aromatic N) is 1. The van der Waals surface area contributed by atoms with Crippen molar-refractivity contribution in [3.05, 3.63) is 36.4 Å². The predicted octanol–water partition coefficient (Wildman–Crippen LogP) is 1.82. The Labute approximate surface area is 101 Å². The molecule has 1 amide bonds. The van der Waals surface area contributed by atoms with Crippen molar-refractivity contribution in [2.24, 2.45) is 5.73 Å². The molecule has 86 valence electrons. The largest absolute Gasteiger partial charge is 0.320 e. The van der Waals surface area contributed by atoms with E-state index in [0.717, 1.165) is 16.8 Å². The van der Waals surface area contributed by atoms with Gasteiger partial charge in [0.15, 0.2) is 0 Å². The Bertz CT molecular complexity index is 431. The van der Waals surface area contributed by atoms with Crippen LogP contribution < -0.4 is 10.6 Å². The Morgan fingerprint density at radius 2 is 2.06 bits per heavy atom. The number of anilines is 1. The van der Waals surface area contributed by atoms with E-state index in [1.165, 1.54) is 0 Å². The van der Waals surface area contributed by atoms with E-state index in [1.807, 2.05) is 24.3 Å². The van der Waals surface area contributed by atoms with Crippen LogP contribution in [-0.4, -0.2) is 19.0 Å². The molecule has 0 aromatic heterocycles. The van der Waals surface area contributed by atoms with Crippen molar-refractivity contribution in [2.45, 2.75) is 12.5 Å². The number of fused-ring (bicyclic) bond motifs is 1. The Kier molecular flexibility index (Phi) is 3.73. The van der Waals surface area contributed by atoms with Gasteiger partial charge in [-0.05, 0) is 18.1 Å². The summed E-state index contributed by atoms with van der Waals surface area (Å²) in [5.74, 6) is -0.0545. The maximum Gasteiger partial charge on any atom is 0.243 e. The Morgan fingerprint density at radius 1 is 1.44 bits per heavy atom. The third-order valence-electron chi connectivity index (χ3n) is 2.76. The first kappa shape index (κ1) is 12.7. The normalized spacial score (nSPS) is 19.9. The molecule has 1 aliphatic rings. The zero-order valence-corrected chi connectivity index (χ0v) is 9.96. The Balaban J connectivity index is 0.00000128. The summed E-state index contributed by atoms with van der Waals surface area (Å²) in [6.45, 7) is 3.98. The highest BCUT2D eigenvalue weighted by atomic mass is 35.5. The molecular formula is C12H15ClN2O. The molecule has 1 atom stereocenters. The minimum atomic E-state index is -0.477.